The summed E-state index contributed by atoms with van der Waals surface area (Å²) in [6.07, 6.45) is 2.21. The molecule has 4 heteroatoms. The van der Waals surface area contributed by atoms with Gasteiger partial charge in [-0.2, -0.15) is 0 Å². The number of alkyl halides is 3. The SMILES string of the molecule is CCCc1ccc(-c2ccc(C(=O)C(Cl)(Cl)Cl)cc2)cc1. The average Bonchev–Trinajstić information content (AvgIpc) is 2.47. The molecule has 2 rings (SSSR count). The summed E-state index contributed by atoms with van der Waals surface area (Å²) in [5.41, 5.74) is 3.84. The smallest absolute Gasteiger partial charge is 0.253 e. The molecule has 0 saturated carbocycles. The molecule has 0 heterocycles. The first-order valence-corrected chi connectivity index (χ1v) is 7.86. The van der Waals surface area contributed by atoms with Gasteiger partial charge in [0.15, 0.2) is 0 Å². The zero-order valence-corrected chi connectivity index (χ0v) is 13.8. The van der Waals surface area contributed by atoms with E-state index in [1.165, 1.54) is 5.56 Å². The molecule has 0 aromatic heterocycles. The van der Waals surface area contributed by atoms with Crippen molar-refractivity contribution >= 4 is 40.6 Å². The number of carbonyl (C=O) groups excluding carboxylic acids is 1. The zero-order valence-electron chi connectivity index (χ0n) is 11.6. The Morgan fingerprint density at radius 1 is 0.905 bits per heavy atom. The number of hydrogen-bond donors (Lipinski definition) is 0. The van der Waals surface area contributed by atoms with Crippen LogP contribution in [0.2, 0.25) is 0 Å². The van der Waals surface area contributed by atoms with Crippen molar-refractivity contribution in [3.8, 4) is 11.1 Å². The summed E-state index contributed by atoms with van der Waals surface area (Å²) in [5, 5.41) is 0. The van der Waals surface area contributed by atoms with E-state index in [2.05, 4.69) is 31.2 Å². The van der Waals surface area contributed by atoms with Gasteiger partial charge in [0.25, 0.3) is 3.79 Å². The van der Waals surface area contributed by atoms with Crippen LogP contribution in [0.1, 0.15) is 29.3 Å². The number of carbonyl (C=O) groups is 1. The van der Waals surface area contributed by atoms with Crippen molar-refractivity contribution in [3.05, 3.63) is 59.7 Å². The number of Topliss-reactive ketones (excluding diaryl/α,β-unsaturated/α-hetero) is 1. The van der Waals surface area contributed by atoms with E-state index in [4.69, 9.17) is 34.8 Å². The van der Waals surface area contributed by atoms with Crippen LogP contribution in [0.25, 0.3) is 11.1 Å². The summed E-state index contributed by atoms with van der Waals surface area (Å²) < 4.78 is -1.91. The summed E-state index contributed by atoms with van der Waals surface area (Å²) in [6, 6.07) is 15.5. The monoisotopic (exact) mass is 340 g/mol. The molecule has 0 bridgehead atoms. The van der Waals surface area contributed by atoms with Crippen molar-refractivity contribution in [2.24, 2.45) is 0 Å². The molecule has 0 aliphatic carbocycles. The molecule has 2 aromatic rings. The minimum absolute atomic E-state index is 0.390. The van der Waals surface area contributed by atoms with Crippen LogP contribution >= 0.6 is 34.8 Å². The van der Waals surface area contributed by atoms with Gasteiger partial charge in [0.05, 0.1) is 0 Å². The van der Waals surface area contributed by atoms with E-state index in [0.717, 1.165) is 24.0 Å². The van der Waals surface area contributed by atoms with Crippen LogP contribution in [0.15, 0.2) is 48.5 Å². The van der Waals surface area contributed by atoms with Crippen LogP contribution in [0.3, 0.4) is 0 Å². The van der Waals surface area contributed by atoms with Crippen LogP contribution in [-0.4, -0.2) is 9.58 Å². The van der Waals surface area contributed by atoms with Gasteiger partial charge in [0.2, 0.25) is 5.78 Å². The fourth-order valence-corrected chi connectivity index (χ4v) is 2.46. The normalized spacial score (nSPS) is 11.4. The Hall–Kier alpha value is -1.02. The van der Waals surface area contributed by atoms with Gasteiger partial charge >= 0.3 is 0 Å². The summed E-state index contributed by atoms with van der Waals surface area (Å²) in [5.74, 6) is -0.516. The Morgan fingerprint density at radius 2 is 1.38 bits per heavy atom. The molecule has 0 spiro atoms. The van der Waals surface area contributed by atoms with E-state index in [1.54, 1.807) is 12.1 Å². The molecule has 0 aliphatic rings. The van der Waals surface area contributed by atoms with Gasteiger partial charge < -0.3 is 0 Å². The molecule has 0 aliphatic heterocycles. The fourth-order valence-electron chi connectivity index (χ4n) is 2.13. The minimum atomic E-state index is -1.91. The molecule has 2 aromatic carbocycles. The predicted octanol–water partition coefficient (Wildman–Crippen LogP) is 5.86. The molecule has 0 amide bonds. The highest BCUT2D eigenvalue weighted by atomic mass is 35.6. The average molecular weight is 342 g/mol. The van der Waals surface area contributed by atoms with Gasteiger partial charge in [-0.1, -0.05) is 96.7 Å². The number of hydrogen-bond acceptors (Lipinski definition) is 1. The maximum atomic E-state index is 11.8. The first kappa shape index (κ1) is 16.4. The molecule has 0 saturated heterocycles. The molecule has 0 unspecified atom stereocenters. The Labute approximate surface area is 139 Å². The number of ketones is 1. The highest BCUT2D eigenvalue weighted by Gasteiger charge is 2.31. The van der Waals surface area contributed by atoms with E-state index in [1.807, 2.05) is 12.1 Å². The molecular formula is C17H15Cl3O. The predicted molar refractivity (Wildman–Crippen MR) is 90.5 cm³/mol. The maximum absolute atomic E-state index is 11.8. The third kappa shape index (κ3) is 4.23. The van der Waals surface area contributed by atoms with E-state index in [-0.39, 0.29) is 0 Å². The molecule has 21 heavy (non-hydrogen) atoms. The summed E-state index contributed by atoms with van der Waals surface area (Å²) in [7, 11) is 0. The van der Waals surface area contributed by atoms with E-state index in [9.17, 15) is 4.79 Å². The second-order valence-electron chi connectivity index (χ2n) is 4.85. The van der Waals surface area contributed by atoms with Gasteiger partial charge in [-0.25, -0.2) is 0 Å². The Balaban J connectivity index is 2.21. The largest absolute Gasteiger partial charge is 0.289 e. The fraction of sp³-hybridized carbons (Fsp3) is 0.235. The molecule has 0 N–H and O–H groups in total. The second-order valence-corrected chi connectivity index (χ2v) is 7.13. The lowest BCUT2D eigenvalue weighted by molar-refractivity contribution is 0.0996. The minimum Gasteiger partial charge on any atom is -0.289 e. The molecule has 110 valence electrons. The molecule has 0 radical (unpaired) electrons. The van der Waals surface area contributed by atoms with Gasteiger partial charge in [0.1, 0.15) is 0 Å². The topological polar surface area (TPSA) is 17.1 Å². The van der Waals surface area contributed by atoms with Crippen molar-refractivity contribution < 1.29 is 4.79 Å². The van der Waals surface area contributed by atoms with Crippen molar-refractivity contribution in [2.45, 2.75) is 23.6 Å². The molecular weight excluding hydrogens is 327 g/mol. The highest BCUT2D eigenvalue weighted by molar-refractivity contribution is 6.77. The maximum Gasteiger partial charge on any atom is 0.253 e. The van der Waals surface area contributed by atoms with E-state index in [0.29, 0.717) is 5.56 Å². The molecule has 0 fully saturated rings. The number of halogens is 3. The Bertz CT molecular complexity index is 610. The number of aryl methyl sites for hydroxylation is 1. The lowest BCUT2D eigenvalue weighted by atomic mass is 10.0. The van der Waals surface area contributed by atoms with Gasteiger partial charge in [-0.15, -0.1) is 0 Å². The van der Waals surface area contributed by atoms with Crippen LogP contribution in [0.5, 0.6) is 0 Å². The number of rotatable bonds is 4. The van der Waals surface area contributed by atoms with Gasteiger partial charge in [-0.05, 0) is 23.1 Å². The zero-order chi connectivity index (χ0) is 15.5. The first-order valence-electron chi connectivity index (χ1n) is 6.72. The van der Waals surface area contributed by atoms with Crippen molar-refractivity contribution in [2.75, 3.05) is 0 Å². The van der Waals surface area contributed by atoms with Gasteiger partial charge in [-0.3, -0.25) is 4.79 Å². The summed E-state index contributed by atoms with van der Waals surface area (Å²) >= 11 is 16.8. The van der Waals surface area contributed by atoms with Crippen LogP contribution in [-0.2, 0) is 6.42 Å². The molecule has 0 atom stereocenters. The van der Waals surface area contributed by atoms with Crippen LogP contribution < -0.4 is 0 Å². The Morgan fingerprint density at radius 3 is 1.81 bits per heavy atom. The van der Waals surface area contributed by atoms with Crippen molar-refractivity contribution in [1.29, 1.82) is 0 Å². The molecule has 1 nitrogen and oxygen atoms in total. The quantitative estimate of drug-likeness (QED) is 0.503. The van der Waals surface area contributed by atoms with Crippen molar-refractivity contribution in [3.63, 3.8) is 0 Å². The first-order chi connectivity index (χ1) is 9.91. The number of benzene rings is 2. The Kier molecular flexibility index (Phi) is 5.32. The third-order valence-electron chi connectivity index (χ3n) is 3.23. The second kappa shape index (κ2) is 6.83. The van der Waals surface area contributed by atoms with Gasteiger partial charge in [0, 0.05) is 5.56 Å². The van der Waals surface area contributed by atoms with E-state index < -0.39 is 9.58 Å². The summed E-state index contributed by atoms with van der Waals surface area (Å²) in [6.45, 7) is 2.16. The lowest BCUT2D eigenvalue weighted by Gasteiger charge is -2.10. The van der Waals surface area contributed by atoms with Crippen LogP contribution in [0, 0.1) is 0 Å². The standard InChI is InChI=1S/C17H15Cl3O/c1-2-3-12-4-6-13(7-5-12)14-8-10-15(11-9-14)16(21)17(18,19)20/h4-11H,2-3H2,1H3. The highest BCUT2D eigenvalue weighted by Crippen LogP contribution is 2.31. The van der Waals surface area contributed by atoms with Crippen LogP contribution in [0.4, 0.5) is 0 Å². The lowest BCUT2D eigenvalue weighted by Crippen LogP contribution is -2.18. The van der Waals surface area contributed by atoms with Crippen molar-refractivity contribution in [1.82, 2.24) is 0 Å². The summed E-state index contributed by atoms with van der Waals surface area (Å²) in [4.78, 5) is 11.8. The van der Waals surface area contributed by atoms with E-state index >= 15 is 0 Å². The third-order valence-corrected chi connectivity index (χ3v) is 3.75.